The van der Waals surface area contributed by atoms with Gasteiger partial charge in [-0.25, -0.2) is 5.90 Å². The van der Waals surface area contributed by atoms with Gasteiger partial charge in [-0.05, 0) is 18.4 Å². The predicted octanol–water partition coefficient (Wildman–Crippen LogP) is 1.09. The first-order chi connectivity index (χ1) is 6.02. The quantitative estimate of drug-likeness (QED) is 0.384. The zero-order valence-corrected chi connectivity index (χ0v) is 10.7. The molecule has 3 nitrogen and oxygen atoms in total. The van der Waals surface area contributed by atoms with E-state index in [1.54, 1.807) is 0 Å². The molecule has 1 atom stereocenters. The Morgan fingerprint density at radius 2 is 2.08 bits per heavy atom. The van der Waals surface area contributed by atoms with Crippen molar-refractivity contribution in [1.29, 1.82) is 0 Å². The standard InChI is InChI=1S/C9H23NO2Si/c1-8(12-10)7-11-6-5-9(2,3)13-4/h8H,5-7,10,13H2,1-4H3. The molecule has 0 aromatic rings. The smallest absolute Gasteiger partial charge is 0.0992 e. The maximum Gasteiger partial charge on any atom is 0.0992 e. The van der Waals surface area contributed by atoms with E-state index in [4.69, 9.17) is 10.6 Å². The minimum absolute atomic E-state index is 0.00184. The summed E-state index contributed by atoms with van der Waals surface area (Å²) >= 11 is 0. The fraction of sp³-hybridized carbons (Fsp3) is 1.00. The predicted molar refractivity (Wildman–Crippen MR) is 58.6 cm³/mol. The van der Waals surface area contributed by atoms with E-state index in [9.17, 15) is 0 Å². The van der Waals surface area contributed by atoms with Crippen LogP contribution in [0.2, 0.25) is 11.6 Å². The molecular formula is C9H23NO2Si. The van der Waals surface area contributed by atoms with E-state index in [2.05, 4.69) is 25.2 Å². The average molecular weight is 205 g/mol. The van der Waals surface area contributed by atoms with Gasteiger partial charge in [-0.2, -0.15) is 0 Å². The van der Waals surface area contributed by atoms with Crippen molar-refractivity contribution in [2.24, 2.45) is 5.90 Å². The fourth-order valence-electron chi connectivity index (χ4n) is 0.814. The molecule has 0 amide bonds. The third-order valence-corrected chi connectivity index (χ3v) is 4.73. The Labute approximate surface area is 83.8 Å². The molecule has 13 heavy (non-hydrogen) atoms. The highest BCUT2D eigenvalue weighted by Gasteiger charge is 2.14. The third-order valence-electron chi connectivity index (χ3n) is 2.47. The second-order valence-corrected chi connectivity index (χ2v) is 6.91. The Balaban J connectivity index is 3.35. The highest BCUT2D eigenvalue weighted by atomic mass is 28.2. The van der Waals surface area contributed by atoms with Crippen molar-refractivity contribution in [1.82, 2.24) is 0 Å². The molecule has 0 saturated carbocycles. The first-order valence-corrected chi connectivity index (χ1v) is 7.07. The van der Waals surface area contributed by atoms with Gasteiger partial charge in [-0.1, -0.05) is 20.4 Å². The van der Waals surface area contributed by atoms with E-state index < -0.39 is 0 Å². The molecule has 0 aliphatic heterocycles. The minimum atomic E-state index is 0.00184. The normalized spacial score (nSPS) is 15.5. The lowest BCUT2D eigenvalue weighted by Gasteiger charge is -2.22. The van der Waals surface area contributed by atoms with Gasteiger partial charge in [0.25, 0.3) is 0 Å². The molecule has 0 fully saturated rings. The van der Waals surface area contributed by atoms with Gasteiger partial charge in [-0.3, -0.25) is 4.84 Å². The van der Waals surface area contributed by atoms with Crippen LogP contribution in [0.15, 0.2) is 0 Å². The van der Waals surface area contributed by atoms with Crippen molar-refractivity contribution in [2.45, 2.75) is 44.9 Å². The van der Waals surface area contributed by atoms with Crippen molar-refractivity contribution in [3.8, 4) is 0 Å². The van der Waals surface area contributed by atoms with Crippen LogP contribution in [0, 0.1) is 0 Å². The molecule has 0 aromatic carbocycles. The summed E-state index contributed by atoms with van der Waals surface area (Å²) in [5.41, 5.74) is 0. The number of nitrogens with two attached hydrogens (primary N) is 1. The molecule has 0 saturated heterocycles. The molecule has 0 aliphatic rings. The zero-order valence-electron chi connectivity index (χ0n) is 9.30. The van der Waals surface area contributed by atoms with E-state index in [1.165, 1.54) is 0 Å². The molecule has 0 spiro atoms. The first kappa shape index (κ1) is 13.1. The van der Waals surface area contributed by atoms with Crippen LogP contribution in [-0.4, -0.2) is 28.8 Å². The number of ether oxygens (including phenoxy) is 1. The molecule has 80 valence electrons. The number of rotatable bonds is 7. The third kappa shape index (κ3) is 7.19. The van der Waals surface area contributed by atoms with Crippen molar-refractivity contribution >= 4 is 9.52 Å². The molecule has 0 aromatic heterocycles. The summed E-state index contributed by atoms with van der Waals surface area (Å²) < 4.78 is 5.44. The van der Waals surface area contributed by atoms with Gasteiger partial charge in [0.1, 0.15) is 0 Å². The molecule has 1 unspecified atom stereocenters. The Kier molecular flexibility index (Phi) is 6.58. The Bertz CT molecular complexity index is 131. The topological polar surface area (TPSA) is 44.5 Å². The van der Waals surface area contributed by atoms with Crippen molar-refractivity contribution < 1.29 is 9.57 Å². The minimum Gasteiger partial charge on any atom is -0.379 e. The SMILES string of the molecule is C[SiH2]C(C)(C)CCOCC(C)ON. The van der Waals surface area contributed by atoms with Gasteiger partial charge < -0.3 is 4.74 Å². The van der Waals surface area contributed by atoms with E-state index in [1.807, 2.05) is 6.92 Å². The first-order valence-electron chi connectivity index (χ1n) is 4.95. The summed E-state index contributed by atoms with van der Waals surface area (Å²) in [6, 6.07) is 0. The Morgan fingerprint density at radius 3 is 2.54 bits per heavy atom. The van der Waals surface area contributed by atoms with Gasteiger partial charge in [0, 0.05) is 16.1 Å². The fourth-order valence-corrected chi connectivity index (χ4v) is 1.31. The van der Waals surface area contributed by atoms with E-state index in [-0.39, 0.29) is 15.6 Å². The van der Waals surface area contributed by atoms with Crippen LogP contribution in [0.25, 0.3) is 0 Å². The van der Waals surface area contributed by atoms with Crippen LogP contribution < -0.4 is 5.90 Å². The van der Waals surface area contributed by atoms with Crippen LogP contribution in [0.1, 0.15) is 27.2 Å². The molecule has 2 N–H and O–H groups in total. The second-order valence-electron chi connectivity index (χ2n) is 4.29. The monoisotopic (exact) mass is 205 g/mol. The van der Waals surface area contributed by atoms with Crippen LogP contribution >= 0.6 is 0 Å². The number of hydrogen-bond donors (Lipinski definition) is 1. The van der Waals surface area contributed by atoms with Crippen molar-refractivity contribution in [3.05, 3.63) is 0 Å². The summed E-state index contributed by atoms with van der Waals surface area (Å²) in [4.78, 5) is 4.59. The maximum absolute atomic E-state index is 5.44. The van der Waals surface area contributed by atoms with Crippen molar-refractivity contribution in [2.75, 3.05) is 13.2 Å². The summed E-state index contributed by atoms with van der Waals surface area (Å²) in [6.07, 6.45) is 1.15. The molecule has 0 bridgehead atoms. The molecule has 4 heteroatoms. The highest BCUT2D eigenvalue weighted by molar-refractivity contribution is 6.37. The van der Waals surface area contributed by atoms with Crippen LogP contribution in [0.3, 0.4) is 0 Å². The van der Waals surface area contributed by atoms with Gasteiger partial charge in [-0.15, -0.1) is 0 Å². The van der Waals surface area contributed by atoms with Gasteiger partial charge in [0.05, 0.1) is 12.7 Å². The van der Waals surface area contributed by atoms with Gasteiger partial charge >= 0.3 is 0 Å². The Hall–Kier alpha value is 0.0969. The summed E-state index contributed by atoms with van der Waals surface area (Å²) in [5.74, 6) is 4.99. The van der Waals surface area contributed by atoms with E-state index in [0.717, 1.165) is 13.0 Å². The van der Waals surface area contributed by atoms with Crippen LogP contribution in [0.5, 0.6) is 0 Å². The molecular weight excluding hydrogens is 182 g/mol. The summed E-state index contributed by atoms with van der Waals surface area (Å²) in [6.45, 7) is 10.3. The molecule has 0 aliphatic carbocycles. The second kappa shape index (κ2) is 6.54. The maximum atomic E-state index is 5.44. The average Bonchev–Trinajstić information content (AvgIpc) is 2.12. The van der Waals surface area contributed by atoms with E-state index >= 15 is 0 Å². The van der Waals surface area contributed by atoms with Crippen LogP contribution in [-0.2, 0) is 9.57 Å². The lowest BCUT2D eigenvalue weighted by atomic mass is 10.1. The number of hydrogen-bond acceptors (Lipinski definition) is 3. The van der Waals surface area contributed by atoms with Gasteiger partial charge in [0.2, 0.25) is 0 Å². The van der Waals surface area contributed by atoms with Crippen molar-refractivity contribution in [3.63, 3.8) is 0 Å². The zero-order chi connectivity index (χ0) is 10.3. The molecule has 0 radical (unpaired) electrons. The largest absolute Gasteiger partial charge is 0.379 e. The van der Waals surface area contributed by atoms with Gasteiger partial charge in [0.15, 0.2) is 0 Å². The highest BCUT2D eigenvalue weighted by Crippen LogP contribution is 2.26. The Morgan fingerprint density at radius 1 is 1.46 bits per heavy atom. The molecule has 0 rings (SSSR count). The lowest BCUT2D eigenvalue weighted by molar-refractivity contribution is -0.00944. The summed E-state index contributed by atoms with van der Waals surface area (Å²) in [5, 5.41) is 0.521. The summed E-state index contributed by atoms with van der Waals surface area (Å²) in [7, 11) is 0.0534. The molecule has 0 heterocycles. The lowest BCUT2D eigenvalue weighted by Crippen LogP contribution is -2.21. The van der Waals surface area contributed by atoms with E-state index in [0.29, 0.717) is 11.6 Å². The van der Waals surface area contributed by atoms with Crippen LogP contribution in [0.4, 0.5) is 0 Å².